The normalized spacial score (nSPS) is 23.8. The molecule has 126 valence electrons. The average Bonchev–Trinajstić information content (AvgIpc) is 2.52. The van der Waals surface area contributed by atoms with Crippen LogP contribution in [0.3, 0.4) is 0 Å². The van der Waals surface area contributed by atoms with Gasteiger partial charge in [0.2, 0.25) is 11.8 Å². The van der Waals surface area contributed by atoms with E-state index in [1.165, 1.54) is 0 Å². The van der Waals surface area contributed by atoms with Gasteiger partial charge < -0.3 is 20.8 Å². The molecule has 0 spiro atoms. The summed E-state index contributed by atoms with van der Waals surface area (Å²) in [5, 5.41) is 24.5. The highest BCUT2D eigenvalue weighted by atomic mass is 16.3. The van der Waals surface area contributed by atoms with Crippen LogP contribution in [0.2, 0.25) is 0 Å². The fourth-order valence-corrected chi connectivity index (χ4v) is 3.01. The van der Waals surface area contributed by atoms with Crippen molar-refractivity contribution in [2.24, 2.45) is 0 Å². The van der Waals surface area contributed by atoms with Crippen LogP contribution in [0.1, 0.15) is 24.8 Å². The number of aliphatic hydroxyl groups is 1. The number of rotatable bonds is 4. The SMILES string of the molecule is O=C1N[C@H](Cc2cccc(O)c2)C(=O)N[C@@H]1CC1=CCCC(O)=C1. The summed E-state index contributed by atoms with van der Waals surface area (Å²) in [4.78, 5) is 24.5. The van der Waals surface area contributed by atoms with E-state index in [1.807, 2.05) is 6.08 Å². The number of hydrogen-bond donors (Lipinski definition) is 4. The van der Waals surface area contributed by atoms with Crippen molar-refractivity contribution in [3.8, 4) is 5.75 Å². The number of benzene rings is 1. The van der Waals surface area contributed by atoms with Gasteiger partial charge in [0, 0.05) is 19.3 Å². The Kier molecular flexibility index (Phi) is 4.55. The Morgan fingerprint density at radius 1 is 1.04 bits per heavy atom. The Labute approximate surface area is 139 Å². The fourth-order valence-electron chi connectivity index (χ4n) is 3.01. The van der Waals surface area contributed by atoms with Gasteiger partial charge in [-0.2, -0.15) is 0 Å². The second-order valence-electron chi connectivity index (χ2n) is 6.15. The minimum absolute atomic E-state index is 0.128. The first-order valence-corrected chi connectivity index (χ1v) is 7.98. The molecule has 1 heterocycles. The van der Waals surface area contributed by atoms with Crippen LogP contribution in [0.5, 0.6) is 5.75 Å². The van der Waals surface area contributed by atoms with Crippen molar-refractivity contribution in [2.75, 3.05) is 0 Å². The van der Waals surface area contributed by atoms with Crippen LogP contribution in [0, 0.1) is 0 Å². The number of aromatic hydroxyl groups is 1. The van der Waals surface area contributed by atoms with Gasteiger partial charge in [0.05, 0.1) is 5.76 Å². The highest BCUT2D eigenvalue weighted by Gasteiger charge is 2.33. The van der Waals surface area contributed by atoms with E-state index in [0.717, 1.165) is 17.6 Å². The van der Waals surface area contributed by atoms with Gasteiger partial charge in [0.1, 0.15) is 17.8 Å². The molecule has 1 aromatic rings. The molecule has 0 saturated carbocycles. The maximum Gasteiger partial charge on any atom is 0.243 e. The summed E-state index contributed by atoms with van der Waals surface area (Å²) in [5.41, 5.74) is 1.63. The number of carbonyl (C=O) groups is 2. The molecule has 2 aliphatic rings. The van der Waals surface area contributed by atoms with Gasteiger partial charge in [-0.25, -0.2) is 0 Å². The second-order valence-corrected chi connectivity index (χ2v) is 6.15. The molecule has 1 saturated heterocycles. The zero-order valence-electron chi connectivity index (χ0n) is 13.2. The second kappa shape index (κ2) is 6.78. The number of piperazine rings is 1. The Balaban J connectivity index is 1.63. The van der Waals surface area contributed by atoms with Gasteiger partial charge in [0.15, 0.2) is 0 Å². The summed E-state index contributed by atoms with van der Waals surface area (Å²) < 4.78 is 0. The molecule has 3 rings (SSSR count). The predicted octanol–water partition coefficient (Wildman–Crippen LogP) is 1.47. The summed E-state index contributed by atoms with van der Waals surface area (Å²) >= 11 is 0. The number of aliphatic hydroxyl groups excluding tert-OH is 1. The van der Waals surface area contributed by atoms with E-state index in [2.05, 4.69) is 10.6 Å². The topological polar surface area (TPSA) is 98.7 Å². The molecule has 4 N–H and O–H groups in total. The largest absolute Gasteiger partial charge is 0.512 e. The van der Waals surface area contributed by atoms with Gasteiger partial charge in [-0.05, 0) is 35.8 Å². The van der Waals surface area contributed by atoms with E-state index in [9.17, 15) is 19.8 Å². The van der Waals surface area contributed by atoms with Crippen molar-refractivity contribution in [3.05, 3.63) is 53.3 Å². The van der Waals surface area contributed by atoms with E-state index in [0.29, 0.717) is 25.0 Å². The molecule has 2 amide bonds. The molecule has 6 heteroatoms. The van der Waals surface area contributed by atoms with E-state index < -0.39 is 12.1 Å². The molecule has 0 unspecified atom stereocenters. The molecule has 24 heavy (non-hydrogen) atoms. The molecule has 1 aliphatic heterocycles. The highest BCUT2D eigenvalue weighted by molar-refractivity contribution is 5.97. The molecular weight excluding hydrogens is 308 g/mol. The zero-order valence-corrected chi connectivity index (χ0v) is 13.2. The van der Waals surface area contributed by atoms with E-state index in [1.54, 1.807) is 30.3 Å². The lowest BCUT2D eigenvalue weighted by Gasteiger charge is -2.30. The Hall–Kier alpha value is -2.76. The molecule has 1 aliphatic carbocycles. The molecule has 0 aromatic heterocycles. The third-order valence-corrected chi connectivity index (χ3v) is 4.22. The van der Waals surface area contributed by atoms with Crippen LogP contribution < -0.4 is 10.6 Å². The third-order valence-electron chi connectivity index (χ3n) is 4.22. The minimum atomic E-state index is -0.653. The Morgan fingerprint density at radius 2 is 1.75 bits per heavy atom. The maximum atomic E-state index is 12.3. The van der Waals surface area contributed by atoms with Crippen molar-refractivity contribution in [3.63, 3.8) is 0 Å². The first-order valence-electron chi connectivity index (χ1n) is 7.98. The van der Waals surface area contributed by atoms with Gasteiger partial charge >= 0.3 is 0 Å². The summed E-state index contributed by atoms with van der Waals surface area (Å²) in [6, 6.07) is 5.34. The number of allylic oxidation sites excluding steroid dienone is 3. The van der Waals surface area contributed by atoms with Crippen molar-refractivity contribution >= 4 is 11.8 Å². The smallest absolute Gasteiger partial charge is 0.243 e. The Bertz CT molecular complexity index is 723. The third kappa shape index (κ3) is 3.76. The van der Waals surface area contributed by atoms with Gasteiger partial charge in [-0.3, -0.25) is 9.59 Å². The van der Waals surface area contributed by atoms with Crippen molar-refractivity contribution in [1.82, 2.24) is 10.6 Å². The average molecular weight is 328 g/mol. The standard InChI is InChI=1S/C18H20N2O4/c21-13-5-1-3-11(7-13)9-15-17(23)20-16(18(24)19-15)10-12-4-2-6-14(22)8-12/h1,3-5,7-8,15-16,21-22H,2,6,9-10H2,(H,19,24)(H,20,23)/t15-,16-/m1/s1. The summed E-state index contributed by atoms with van der Waals surface area (Å²) in [6.45, 7) is 0. The lowest BCUT2D eigenvalue weighted by Crippen LogP contribution is -2.62. The number of amides is 2. The first-order chi connectivity index (χ1) is 11.5. The maximum absolute atomic E-state index is 12.3. The molecule has 0 bridgehead atoms. The number of phenols is 1. The van der Waals surface area contributed by atoms with Crippen LogP contribution >= 0.6 is 0 Å². The highest BCUT2D eigenvalue weighted by Crippen LogP contribution is 2.20. The fraction of sp³-hybridized carbons (Fsp3) is 0.333. The predicted molar refractivity (Wildman–Crippen MR) is 88.3 cm³/mol. The van der Waals surface area contributed by atoms with Crippen LogP contribution in [0.25, 0.3) is 0 Å². The van der Waals surface area contributed by atoms with Crippen molar-refractivity contribution < 1.29 is 19.8 Å². The summed E-state index contributed by atoms with van der Waals surface area (Å²) in [7, 11) is 0. The minimum Gasteiger partial charge on any atom is -0.512 e. The number of nitrogens with one attached hydrogen (secondary N) is 2. The van der Waals surface area contributed by atoms with E-state index in [4.69, 9.17) is 0 Å². The number of hydrogen-bond acceptors (Lipinski definition) is 4. The van der Waals surface area contributed by atoms with Crippen LogP contribution in [0.15, 0.2) is 47.7 Å². The molecule has 1 aromatic carbocycles. The summed E-state index contributed by atoms with van der Waals surface area (Å²) in [6.07, 6.45) is 5.65. The molecule has 6 nitrogen and oxygen atoms in total. The quantitative estimate of drug-likeness (QED) is 0.673. The lowest BCUT2D eigenvalue weighted by molar-refractivity contribution is -0.136. The molecule has 2 atom stereocenters. The lowest BCUT2D eigenvalue weighted by atomic mass is 9.95. The molecule has 0 radical (unpaired) electrons. The van der Waals surface area contributed by atoms with Crippen molar-refractivity contribution in [1.29, 1.82) is 0 Å². The van der Waals surface area contributed by atoms with Crippen LogP contribution in [-0.4, -0.2) is 34.1 Å². The van der Waals surface area contributed by atoms with Gasteiger partial charge in [-0.15, -0.1) is 0 Å². The monoisotopic (exact) mass is 328 g/mol. The van der Waals surface area contributed by atoms with Crippen molar-refractivity contribution in [2.45, 2.75) is 37.8 Å². The molecule has 1 fully saturated rings. The first kappa shape index (κ1) is 16.1. The van der Waals surface area contributed by atoms with E-state index >= 15 is 0 Å². The van der Waals surface area contributed by atoms with E-state index in [-0.39, 0.29) is 17.6 Å². The molecular formula is C18H20N2O4. The van der Waals surface area contributed by atoms with Gasteiger partial charge in [0.25, 0.3) is 0 Å². The van der Waals surface area contributed by atoms with Gasteiger partial charge in [-0.1, -0.05) is 18.2 Å². The number of carbonyl (C=O) groups excluding carboxylic acids is 2. The number of phenolic OH excluding ortho intramolecular Hbond substituents is 1. The van der Waals surface area contributed by atoms with Crippen LogP contribution in [0.4, 0.5) is 0 Å². The Morgan fingerprint density at radius 3 is 2.42 bits per heavy atom. The summed E-state index contributed by atoms with van der Waals surface area (Å²) in [5.74, 6) is -0.0489. The zero-order chi connectivity index (χ0) is 17.1. The van der Waals surface area contributed by atoms with Crippen LogP contribution in [-0.2, 0) is 16.0 Å².